The molecule has 2 aliphatic rings. The first-order valence-corrected chi connectivity index (χ1v) is 12.1. The zero-order valence-corrected chi connectivity index (χ0v) is 22.0. The number of nitrogens with one attached hydrogen (secondary N) is 1. The number of alkyl halides is 1. The van der Waals surface area contributed by atoms with Crippen LogP contribution in [0.4, 0.5) is 11.4 Å². The summed E-state index contributed by atoms with van der Waals surface area (Å²) in [4.78, 5) is 26.2. The van der Waals surface area contributed by atoms with Gasteiger partial charge >= 0.3 is 0 Å². The molecule has 0 bridgehead atoms. The van der Waals surface area contributed by atoms with Crippen molar-refractivity contribution < 1.29 is 19.2 Å². The number of methoxy groups -OCH3 is 1. The Bertz CT molecular complexity index is 1460. The van der Waals surface area contributed by atoms with E-state index in [1.807, 2.05) is 6.92 Å². The number of carbonyl (C=O) groups excluding carboxylic acids is 1. The maximum absolute atomic E-state index is 13.7. The molecule has 0 saturated carbocycles. The van der Waals surface area contributed by atoms with Crippen LogP contribution in [0.2, 0.25) is 0 Å². The number of non-ortho nitro benzene ring substituents is 1. The molecule has 2 heterocycles. The molecule has 188 valence electrons. The molecule has 2 aromatic carbocycles. The van der Waals surface area contributed by atoms with Gasteiger partial charge in [0.1, 0.15) is 15.7 Å². The molecular weight excluding hydrogens is 513 g/mol. The van der Waals surface area contributed by atoms with Crippen LogP contribution < -0.4 is 14.8 Å². The normalized spacial score (nSPS) is 17.2. The number of nitro groups is 1. The van der Waals surface area contributed by atoms with Gasteiger partial charge in [0.15, 0.2) is 11.5 Å². The number of benzene rings is 2. The second-order valence-electron chi connectivity index (χ2n) is 9.32. The van der Waals surface area contributed by atoms with Gasteiger partial charge in [-0.05, 0) is 52.9 Å². The third-order valence-corrected chi connectivity index (χ3v) is 6.74. The Hall–Kier alpha value is -3.70. The summed E-state index contributed by atoms with van der Waals surface area (Å²) in [6.07, 6.45) is 9.35. The van der Waals surface area contributed by atoms with Crippen LogP contribution in [-0.2, 0) is 10.1 Å². The average Bonchev–Trinajstić information content (AvgIpc) is 3.12. The van der Waals surface area contributed by atoms with Crippen molar-refractivity contribution in [3.63, 3.8) is 0 Å². The summed E-state index contributed by atoms with van der Waals surface area (Å²) in [6, 6.07) is 6.46. The summed E-state index contributed by atoms with van der Waals surface area (Å²) >= 11 is 5.99. The number of allylic oxidation sites excluding steroid dienone is 2. The molecule has 4 rings (SSSR count). The van der Waals surface area contributed by atoms with Crippen LogP contribution in [0.3, 0.4) is 0 Å². The van der Waals surface area contributed by atoms with E-state index in [2.05, 4.69) is 11.2 Å². The van der Waals surface area contributed by atoms with E-state index >= 15 is 0 Å². The molecular formula is C26H20B4ClN3O5. The van der Waals surface area contributed by atoms with Crippen molar-refractivity contribution in [3.05, 3.63) is 80.6 Å². The monoisotopic (exact) mass is 533 g/mol. The van der Waals surface area contributed by atoms with Crippen molar-refractivity contribution in [2.24, 2.45) is 0 Å². The molecule has 8 radical (unpaired) electrons. The van der Waals surface area contributed by atoms with Gasteiger partial charge in [-0.3, -0.25) is 14.9 Å². The Labute approximate surface area is 236 Å². The van der Waals surface area contributed by atoms with E-state index in [9.17, 15) is 14.9 Å². The van der Waals surface area contributed by atoms with Crippen LogP contribution in [-0.4, -0.2) is 66.8 Å². The Balaban J connectivity index is 1.74. The van der Waals surface area contributed by atoms with E-state index in [1.165, 1.54) is 25.3 Å². The van der Waals surface area contributed by atoms with Gasteiger partial charge in [-0.2, -0.15) is 0 Å². The molecule has 2 aliphatic heterocycles. The fraction of sp³-hybridized carbons (Fsp3) is 0.269. The van der Waals surface area contributed by atoms with Gasteiger partial charge in [0.05, 0.1) is 50.4 Å². The summed E-state index contributed by atoms with van der Waals surface area (Å²) in [5, 5.41) is 12.7. The zero-order valence-electron chi connectivity index (χ0n) is 21.2. The van der Waals surface area contributed by atoms with Crippen molar-refractivity contribution in [3.8, 4) is 23.8 Å². The second-order valence-corrected chi connectivity index (χ2v) is 9.94. The van der Waals surface area contributed by atoms with Crippen LogP contribution in [0.5, 0.6) is 11.5 Å². The minimum Gasteiger partial charge on any atom is -0.499 e. The summed E-state index contributed by atoms with van der Waals surface area (Å²) in [5.41, 5.74) is 2.15. The molecule has 0 aromatic heterocycles. The lowest BCUT2D eigenvalue weighted by Crippen LogP contribution is -2.37. The number of hydrogen-bond donors (Lipinski definition) is 1. The van der Waals surface area contributed by atoms with Crippen molar-refractivity contribution in [1.29, 1.82) is 0 Å². The number of terminal acetylenes is 1. The number of rotatable bonds is 7. The number of amides is 1. The van der Waals surface area contributed by atoms with Gasteiger partial charge in [0, 0.05) is 30.4 Å². The molecule has 1 atom stereocenters. The minimum atomic E-state index is -2.12. The van der Waals surface area contributed by atoms with Crippen LogP contribution in [0, 0.1) is 22.5 Å². The first-order valence-electron chi connectivity index (χ1n) is 11.7. The molecule has 1 N–H and O–H groups in total. The molecule has 0 saturated heterocycles. The molecule has 8 nitrogen and oxygen atoms in total. The molecule has 2 aromatic rings. The highest BCUT2D eigenvalue weighted by molar-refractivity contribution is 6.61. The Morgan fingerprint density at radius 2 is 1.90 bits per heavy atom. The van der Waals surface area contributed by atoms with Gasteiger partial charge in [-0.1, -0.05) is 12.0 Å². The number of ether oxygens (including phenoxy) is 2. The predicted octanol–water partition coefficient (Wildman–Crippen LogP) is 2.92. The maximum atomic E-state index is 13.7. The Morgan fingerprint density at radius 3 is 2.51 bits per heavy atom. The minimum absolute atomic E-state index is 0.00275. The van der Waals surface area contributed by atoms with Crippen LogP contribution >= 0.6 is 11.6 Å². The van der Waals surface area contributed by atoms with E-state index in [-0.39, 0.29) is 34.6 Å². The van der Waals surface area contributed by atoms with E-state index < -0.39 is 20.7 Å². The smallest absolute Gasteiger partial charge is 0.270 e. The highest BCUT2D eigenvalue weighted by atomic mass is 35.5. The number of nitrogens with zero attached hydrogens (tertiary/aromatic N) is 2. The van der Waals surface area contributed by atoms with Gasteiger partial charge < -0.3 is 19.7 Å². The van der Waals surface area contributed by atoms with Gasteiger partial charge in [-0.25, -0.2) is 0 Å². The fourth-order valence-corrected chi connectivity index (χ4v) is 4.73. The highest BCUT2D eigenvalue weighted by Gasteiger charge is 2.38. The van der Waals surface area contributed by atoms with Crippen LogP contribution in [0.1, 0.15) is 34.8 Å². The molecule has 13 heteroatoms. The Kier molecular flexibility index (Phi) is 7.59. The molecule has 0 spiro atoms. The first kappa shape index (κ1) is 28.3. The van der Waals surface area contributed by atoms with Gasteiger partial charge in [0.2, 0.25) is 0 Å². The lowest BCUT2D eigenvalue weighted by atomic mass is 9.59. The lowest BCUT2D eigenvalue weighted by molar-refractivity contribution is -0.385. The number of carbonyl (C=O) groups is 1. The maximum Gasteiger partial charge on any atom is 0.270 e. The number of fused-ring (bicyclic) bond motifs is 2. The summed E-state index contributed by atoms with van der Waals surface area (Å²) in [6.45, 7) is 2.41. The van der Waals surface area contributed by atoms with E-state index in [1.54, 1.807) is 17.1 Å². The Morgan fingerprint density at radius 1 is 1.21 bits per heavy atom. The molecule has 39 heavy (non-hydrogen) atoms. The number of anilines is 1. The van der Waals surface area contributed by atoms with Gasteiger partial charge in [0.25, 0.3) is 11.6 Å². The predicted molar refractivity (Wildman–Crippen MR) is 153 cm³/mol. The van der Waals surface area contributed by atoms with Crippen molar-refractivity contribution in [1.82, 2.24) is 4.90 Å². The number of halogens is 1. The third kappa shape index (κ3) is 5.55. The number of nitro benzene ring substituents is 1. The van der Waals surface area contributed by atoms with E-state index in [4.69, 9.17) is 58.9 Å². The average molecular weight is 533 g/mol. The second kappa shape index (κ2) is 10.5. The third-order valence-electron chi connectivity index (χ3n) is 6.52. The molecule has 0 fully saturated rings. The standard InChI is InChI=1S/C26H20B4ClN3O5/c1-4-5-6-21-14(2)7-18-13-32-20-12-23(22(38-3)11-19(20)24(35)33(18)21)39-26(29,30)16-8-15(25(27,28)31)9-17(10-16)34(36)37/h1,5-6,8-12,18,32H,7,13H2,2-3H3/b6-5-/t18-/m0/s1. The quantitative estimate of drug-likeness (QED) is 0.194. The summed E-state index contributed by atoms with van der Waals surface area (Å²) < 4.78 is 9.47. The van der Waals surface area contributed by atoms with Crippen LogP contribution in [0.15, 0.2) is 53.8 Å². The van der Waals surface area contributed by atoms with Crippen molar-refractivity contribution in [2.75, 3.05) is 19.0 Å². The largest absolute Gasteiger partial charge is 0.499 e. The molecule has 1 amide bonds. The van der Waals surface area contributed by atoms with E-state index in [0.717, 1.165) is 23.4 Å². The van der Waals surface area contributed by atoms with Crippen molar-refractivity contribution >= 4 is 60.3 Å². The highest BCUT2D eigenvalue weighted by Crippen LogP contribution is 2.41. The lowest BCUT2D eigenvalue weighted by Gasteiger charge is -2.31. The zero-order chi connectivity index (χ0) is 28.7. The fourth-order valence-electron chi connectivity index (χ4n) is 4.62. The SMILES string of the molecule is [B]C([B])(Cl)c1cc([N+](=O)[O-])cc(C([B])([B])Oc2cc3c(cc2OC)C(=O)N2C(/C=C\C#C)=C(C)C[C@H]2CN3)c1. The number of hydrogen-bond acceptors (Lipinski definition) is 6. The summed E-state index contributed by atoms with van der Waals surface area (Å²) in [7, 11) is 25.5. The molecule has 0 unspecified atom stereocenters. The van der Waals surface area contributed by atoms with Crippen LogP contribution in [0.25, 0.3) is 0 Å². The van der Waals surface area contributed by atoms with Crippen molar-refractivity contribution in [2.45, 2.75) is 29.5 Å². The molecule has 0 aliphatic carbocycles. The first-order chi connectivity index (χ1) is 18.3. The van der Waals surface area contributed by atoms with Gasteiger partial charge in [-0.15, -0.1) is 18.0 Å². The topological polar surface area (TPSA) is 93.9 Å². The summed E-state index contributed by atoms with van der Waals surface area (Å²) in [5.74, 6) is 2.43. The van der Waals surface area contributed by atoms with E-state index in [0.29, 0.717) is 24.2 Å².